The number of carbonyl (C=O) groups is 1. The molecule has 0 radical (unpaired) electrons. The largest absolute Gasteiger partial charge is 0.467 e. The summed E-state index contributed by atoms with van der Waals surface area (Å²) in [6, 6.07) is 0.409. The molecule has 0 spiro atoms. The second-order valence-corrected chi connectivity index (χ2v) is 4.27. The van der Waals surface area contributed by atoms with Gasteiger partial charge in [-0.05, 0) is 13.3 Å². The number of methoxy groups -OCH3 is 1. The van der Waals surface area contributed by atoms with Gasteiger partial charge in [0.05, 0.1) is 7.11 Å². The van der Waals surface area contributed by atoms with Crippen molar-refractivity contribution in [3.63, 3.8) is 0 Å². The lowest BCUT2D eigenvalue weighted by Crippen LogP contribution is -2.33. The van der Waals surface area contributed by atoms with E-state index in [1.165, 1.54) is 7.11 Å². The number of hydrogen-bond acceptors (Lipinski definition) is 7. The first kappa shape index (κ1) is 15.9. The second-order valence-electron chi connectivity index (χ2n) is 4.27. The van der Waals surface area contributed by atoms with Crippen LogP contribution in [0.3, 0.4) is 0 Å². The molecule has 0 bridgehead atoms. The van der Waals surface area contributed by atoms with Crippen LogP contribution in [0, 0.1) is 0 Å². The van der Waals surface area contributed by atoms with E-state index in [0.29, 0.717) is 24.9 Å². The Balaban J connectivity index is 2.47. The average molecular weight is 282 g/mol. The summed E-state index contributed by atoms with van der Waals surface area (Å²) in [5.41, 5.74) is 0. The van der Waals surface area contributed by atoms with Crippen LogP contribution in [0.2, 0.25) is 0 Å². The maximum absolute atomic E-state index is 11.6. The molecule has 1 rings (SSSR count). The Labute approximate surface area is 118 Å². The zero-order valence-corrected chi connectivity index (χ0v) is 12.4. The van der Waals surface area contributed by atoms with E-state index in [4.69, 9.17) is 4.74 Å². The number of rotatable bonds is 8. The molecule has 8 heteroatoms. The third-order valence-electron chi connectivity index (χ3n) is 2.68. The van der Waals surface area contributed by atoms with E-state index < -0.39 is 0 Å². The zero-order valence-electron chi connectivity index (χ0n) is 12.4. The first-order valence-electron chi connectivity index (χ1n) is 6.60. The van der Waals surface area contributed by atoms with Gasteiger partial charge >= 0.3 is 6.01 Å². The van der Waals surface area contributed by atoms with E-state index >= 15 is 0 Å². The van der Waals surface area contributed by atoms with Gasteiger partial charge in [0.2, 0.25) is 17.8 Å². The molecule has 1 aromatic heterocycles. The van der Waals surface area contributed by atoms with Gasteiger partial charge in [-0.3, -0.25) is 4.79 Å². The molecule has 0 saturated carbocycles. The minimum atomic E-state index is 0.00158. The van der Waals surface area contributed by atoms with E-state index in [-0.39, 0.29) is 18.0 Å². The SMILES string of the molecule is CCC(C)NC(=O)CCNc1nc(NC)nc(OC)n1. The first-order valence-corrected chi connectivity index (χ1v) is 6.60. The number of aromatic nitrogens is 3. The van der Waals surface area contributed by atoms with Crippen LogP contribution in [0.25, 0.3) is 0 Å². The number of ether oxygens (including phenoxy) is 1. The summed E-state index contributed by atoms with van der Waals surface area (Å²) in [4.78, 5) is 23.8. The Morgan fingerprint density at radius 1 is 1.30 bits per heavy atom. The van der Waals surface area contributed by atoms with Crippen molar-refractivity contribution in [2.45, 2.75) is 32.7 Å². The molecule has 1 amide bonds. The first-order chi connectivity index (χ1) is 9.58. The van der Waals surface area contributed by atoms with Gasteiger partial charge < -0.3 is 20.7 Å². The fourth-order valence-corrected chi connectivity index (χ4v) is 1.38. The van der Waals surface area contributed by atoms with Gasteiger partial charge in [-0.15, -0.1) is 0 Å². The zero-order chi connectivity index (χ0) is 15.0. The van der Waals surface area contributed by atoms with Crippen LogP contribution in [0.4, 0.5) is 11.9 Å². The summed E-state index contributed by atoms with van der Waals surface area (Å²) in [6.45, 7) is 4.44. The predicted octanol–water partition coefficient (Wildman–Crippen LogP) is 0.639. The van der Waals surface area contributed by atoms with Gasteiger partial charge in [0.1, 0.15) is 0 Å². The van der Waals surface area contributed by atoms with Gasteiger partial charge in [0.25, 0.3) is 0 Å². The number of nitrogens with one attached hydrogen (secondary N) is 3. The summed E-state index contributed by atoms with van der Waals surface area (Å²) in [5, 5.41) is 8.68. The molecule has 0 aliphatic carbocycles. The molecule has 3 N–H and O–H groups in total. The van der Waals surface area contributed by atoms with Crippen LogP contribution in [0.1, 0.15) is 26.7 Å². The molecule has 0 aliphatic heterocycles. The maximum Gasteiger partial charge on any atom is 0.322 e. The standard InChI is InChI=1S/C12H22N6O2/c1-5-8(2)15-9(19)6-7-14-11-16-10(13-3)17-12(18-11)20-4/h8H,5-7H2,1-4H3,(H,15,19)(H2,13,14,16,17,18). The Morgan fingerprint density at radius 3 is 2.60 bits per heavy atom. The van der Waals surface area contributed by atoms with Crippen molar-refractivity contribution in [2.24, 2.45) is 0 Å². The molecule has 0 fully saturated rings. The topological polar surface area (TPSA) is 101 Å². The third kappa shape index (κ3) is 5.25. The summed E-state index contributed by atoms with van der Waals surface area (Å²) in [7, 11) is 3.19. The summed E-state index contributed by atoms with van der Waals surface area (Å²) < 4.78 is 4.97. The Hall–Kier alpha value is -2.12. The molecule has 1 heterocycles. The van der Waals surface area contributed by atoms with E-state index in [0.717, 1.165) is 6.42 Å². The third-order valence-corrected chi connectivity index (χ3v) is 2.68. The highest BCUT2D eigenvalue weighted by Gasteiger charge is 2.07. The van der Waals surface area contributed by atoms with Crippen LogP contribution in [0.15, 0.2) is 0 Å². The number of anilines is 2. The average Bonchev–Trinajstić information content (AvgIpc) is 2.46. The number of hydrogen-bond donors (Lipinski definition) is 3. The van der Waals surface area contributed by atoms with Crippen molar-refractivity contribution in [1.82, 2.24) is 20.3 Å². The minimum Gasteiger partial charge on any atom is -0.467 e. The van der Waals surface area contributed by atoms with Crippen molar-refractivity contribution in [2.75, 3.05) is 31.3 Å². The van der Waals surface area contributed by atoms with E-state index in [2.05, 4.69) is 30.9 Å². The molecule has 112 valence electrons. The molecule has 20 heavy (non-hydrogen) atoms. The lowest BCUT2D eigenvalue weighted by molar-refractivity contribution is -0.121. The van der Waals surface area contributed by atoms with Crippen LogP contribution >= 0.6 is 0 Å². The van der Waals surface area contributed by atoms with E-state index in [1.807, 2.05) is 13.8 Å². The molecule has 1 atom stereocenters. The number of amides is 1. The molecule has 0 aliphatic rings. The Morgan fingerprint density at radius 2 is 2.00 bits per heavy atom. The second kappa shape index (κ2) is 8.13. The highest BCUT2D eigenvalue weighted by atomic mass is 16.5. The van der Waals surface area contributed by atoms with Gasteiger partial charge in [-0.1, -0.05) is 6.92 Å². The van der Waals surface area contributed by atoms with Gasteiger partial charge in [0.15, 0.2) is 0 Å². The molecule has 0 aromatic carbocycles. The van der Waals surface area contributed by atoms with Crippen LogP contribution < -0.4 is 20.7 Å². The van der Waals surface area contributed by atoms with Gasteiger partial charge in [-0.25, -0.2) is 0 Å². The number of carbonyl (C=O) groups excluding carboxylic acids is 1. The smallest absolute Gasteiger partial charge is 0.322 e. The van der Waals surface area contributed by atoms with Crippen LogP contribution in [0.5, 0.6) is 6.01 Å². The molecule has 0 saturated heterocycles. The van der Waals surface area contributed by atoms with Crippen molar-refractivity contribution in [3.8, 4) is 6.01 Å². The predicted molar refractivity (Wildman–Crippen MR) is 76.9 cm³/mol. The fourth-order valence-electron chi connectivity index (χ4n) is 1.38. The van der Waals surface area contributed by atoms with Crippen molar-refractivity contribution in [1.29, 1.82) is 0 Å². The molecular formula is C12H22N6O2. The summed E-state index contributed by atoms with van der Waals surface area (Å²) in [6.07, 6.45) is 1.27. The monoisotopic (exact) mass is 282 g/mol. The summed E-state index contributed by atoms with van der Waals surface area (Å²) in [5.74, 6) is 0.780. The highest BCUT2D eigenvalue weighted by Crippen LogP contribution is 2.09. The maximum atomic E-state index is 11.6. The Kier molecular flexibility index (Phi) is 6.48. The number of nitrogens with zero attached hydrogens (tertiary/aromatic N) is 3. The van der Waals surface area contributed by atoms with Crippen molar-refractivity contribution < 1.29 is 9.53 Å². The minimum absolute atomic E-state index is 0.00158. The van der Waals surface area contributed by atoms with Crippen molar-refractivity contribution in [3.05, 3.63) is 0 Å². The fraction of sp³-hybridized carbons (Fsp3) is 0.667. The van der Waals surface area contributed by atoms with Gasteiger partial charge in [0, 0.05) is 26.1 Å². The van der Waals surface area contributed by atoms with E-state index in [1.54, 1.807) is 7.05 Å². The lowest BCUT2D eigenvalue weighted by Gasteiger charge is -2.11. The summed E-state index contributed by atoms with van der Waals surface area (Å²) >= 11 is 0. The molecule has 1 unspecified atom stereocenters. The quantitative estimate of drug-likeness (QED) is 0.643. The molecular weight excluding hydrogens is 260 g/mol. The Bertz CT molecular complexity index is 418. The van der Waals surface area contributed by atoms with Gasteiger partial charge in [-0.2, -0.15) is 15.0 Å². The molecule has 1 aromatic rings. The molecule has 8 nitrogen and oxygen atoms in total. The van der Waals surface area contributed by atoms with E-state index in [9.17, 15) is 4.79 Å². The lowest BCUT2D eigenvalue weighted by atomic mass is 10.2. The van der Waals surface area contributed by atoms with Crippen LogP contribution in [-0.2, 0) is 4.79 Å². The van der Waals surface area contributed by atoms with Crippen LogP contribution in [-0.4, -0.2) is 47.6 Å². The van der Waals surface area contributed by atoms with Crippen molar-refractivity contribution >= 4 is 17.8 Å². The highest BCUT2D eigenvalue weighted by molar-refractivity contribution is 5.76. The normalized spacial score (nSPS) is 11.6.